The zero-order valence-electron chi connectivity index (χ0n) is 18.5. The predicted octanol–water partition coefficient (Wildman–Crippen LogP) is 3.40. The third-order valence-electron chi connectivity index (χ3n) is 5.70. The van der Waals surface area contributed by atoms with Gasteiger partial charge in [0.15, 0.2) is 11.5 Å². The molecule has 0 unspecified atom stereocenters. The minimum absolute atomic E-state index is 0.189. The van der Waals surface area contributed by atoms with Crippen LogP contribution in [0, 0.1) is 5.92 Å². The van der Waals surface area contributed by atoms with Gasteiger partial charge in [0.25, 0.3) is 5.91 Å². The summed E-state index contributed by atoms with van der Waals surface area (Å²) in [6.07, 6.45) is 1.74. The molecular weight excluding hydrogens is 416 g/mol. The molecule has 0 spiro atoms. The number of benzene rings is 2. The Hall–Kier alpha value is -2.58. The Morgan fingerprint density at radius 3 is 2.23 bits per heavy atom. The number of carbonyl (C=O) groups is 1. The zero-order chi connectivity index (χ0) is 22.6. The van der Waals surface area contributed by atoms with Gasteiger partial charge in [0.1, 0.15) is 0 Å². The van der Waals surface area contributed by atoms with Crippen molar-refractivity contribution in [2.75, 3.05) is 34.4 Å². The quantitative estimate of drug-likeness (QED) is 0.652. The number of hydrogen-bond acceptors (Lipinski definition) is 5. The molecule has 31 heavy (non-hydrogen) atoms. The molecule has 2 aromatic rings. The second kappa shape index (κ2) is 9.70. The summed E-state index contributed by atoms with van der Waals surface area (Å²) in [4.78, 5) is 14.6. The fraction of sp³-hybridized carbons (Fsp3) is 0.435. The molecule has 1 saturated heterocycles. The van der Waals surface area contributed by atoms with Gasteiger partial charge in [-0.1, -0.05) is 13.0 Å². The van der Waals surface area contributed by atoms with Crippen molar-refractivity contribution in [3.63, 3.8) is 0 Å². The van der Waals surface area contributed by atoms with Gasteiger partial charge in [-0.15, -0.1) is 0 Å². The third kappa shape index (κ3) is 5.19. The highest BCUT2D eigenvalue weighted by Crippen LogP contribution is 2.28. The fourth-order valence-corrected chi connectivity index (χ4v) is 5.16. The van der Waals surface area contributed by atoms with Gasteiger partial charge in [-0.05, 0) is 60.7 Å². The predicted molar refractivity (Wildman–Crippen MR) is 119 cm³/mol. The number of amides is 1. The number of rotatable bonds is 7. The topological polar surface area (TPSA) is 76.2 Å². The monoisotopic (exact) mass is 446 g/mol. The summed E-state index contributed by atoms with van der Waals surface area (Å²) in [6, 6.07) is 11.7. The first kappa shape index (κ1) is 23.1. The Kier molecular flexibility index (Phi) is 7.23. The van der Waals surface area contributed by atoms with Crippen LogP contribution in [0.4, 0.5) is 0 Å². The minimum atomic E-state index is -3.53. The molecule has 2 aromatic carbocycles. The van der Waals surface area contributed by atoms with Crippen molar-refractivity contribution in [2.45, 2.75) is 31.2 Å². The average Bonchev–Trinajstić information content (AvgIpc) is 2.78. The van der Waals surface area contributed by atoms with E-state index in [1.165, 1.54) is 16.4 Å². The number of methoxy groups -OCH3 is 2. The van der Waals surface area contributed by atoms with Gasteiger partial charge < -0.3 is 14.4 Å². The summed E-state index contributed by atoms with van der Waals surface area (Å²) in [5.74, 6) is 1.58. The highest BCUT2D eigenvalue weighted by Gasteiger charge is 2.28. The summed E-state index contributed by atoms with van der Waals surface area (Å²) in [7, 11) is 1.32. The van der Waals surface area contributed by atoms with Crippen LogP contribution in [0.25, 0.3) is 0 Å². The van der Waals surface area contributed by atoms with Crippen LogP contribution in [0.2, 0.25) is 0 Å². The molecule has 0 saturated carbocycles. The van der Waals surface area contributed by atoms with E-state index >= 15 is 0 Å². The van der Waals surface area contributed by atoms with E-state index in [1.807, 2.05) is 12.1 Å². The molecule has 1 aliphatic heterocycles. The van der Waals surface area contributed by atoms with Gasteiger partial charge in [0.05, 0.1) is 19.1 Å². The van der Waals surface area contributed by atoms with Gasteiger partial charge >= 0.3 is 0 Å². The number of piperidine rings is 1. The molecule has 1 heterocycles. The molecule has 7 nitrogen and oxygen atoms in total. The molecule has 1 amide bonds. The first-order valence-corrected chi connectivity index (χ1v) is 11.8. The Morgan fingerprint density at radius 1 is 1.03 bits per heavy atom. The van der Waals surface area contributed by atoms with E-state index in [0.717, 1.165) is 18.4 Å². The van der Waals surface area contributed by atoms with E-state index in [4.69, 9.17) is 9.47 Å². The largest absolute Gasteiger partial charge is 0.493 e. The van der Waals surface area contributed by atoms with Crippen molar-refractivity contribution in [2.24, 2.45) is 5.92 Å². The van der Waals surface area contributed by atoms with E-state index in [1.54, 1.807) is 44.4 Å². The Balaban J connectivity index is 1.69. The van der Waals surface area contributed by atoms with Crippen LogP contribution in [-0.4, -0.2) is 57.9 Å². The normalized spacial score (nSPS) is 15.5. The molecule has 0 bridgehead atoms. The molecule has 168 valence electrons. The molecular formula is C23H30N2O5S. The standard InChI is InChI=1S/C23H30N2O5S/c1-17-11-13-25(14-12-17)31(27,28)20-8-6-19(7-9-20)23(26)24(2)16-18-5-10-21(29-3)22(15-18)30-4/h5-10,15,17H,11-14,16H2,1-4H3. The summed E-state index contributed by atoms with van der Waals surface area (Å²) in [5, 5.41) is 0. The first-order chi connectivity index (χ1) is 14.8. The van der Waals surface area contributed by atoms with Gasteiger partial charge in [-0.3, -0.25) is 4.79 Å². The summed E-state index contributed by atoms with van der Waals surface area (Å²) >= 11 is 0. The van der Waals surface area contributed by atoms with E-state index in [-0.39, 0.29) is 10.8 Å². The zero-order valence-corrected chi connectivity index (χ0v) is 19.3. The minimum Gasteiger partial charge on any atom is -0.493 e. The lowest BCUT2D eigenvalue weighted by molar-refractivity contribution is 0.0785. The Labute approximate surface area is 184 Å². The molecule has 3 rings (SSSR count). The van der Waals surface area contributed by atoms with Crippen molar-refractivity contribution in [1.29, 1.82) is 0 Å². The van der Waals surface area contributed by atoms with Crippen molar-refractivity contribution >= 4 is 15.9 Å². The molecule has 0 radical (unpaired) electrons. The van der Waals surface area contributed by atoms with Gasteiger partial charge in [-0.25, -0.2) is 8.42 Å². The lowest BCUT2D eigenvalue weighted by atomic mass is 10.0. The molecule has 0 N–H and O–H groups in total. The average molecular weight is 447 g/mol. The van der Waals surface area contributed by atoms with Crippen LogP contribution in [0.3, 0.4) is 0 Å². The van der Waals surface area contributed by atoms with Gasteiger partial charge in [0, 0.05) is 32.2 Å². The van der Waals surface area contributed by atoms with Crippen molar-refractivity contribution in [3.8, 4) is 11.5 Å². The highest BCUT2D eigenvalue weighted by molar-refractivity contribution is 7.89. The third-order valence-corrected chi connectivity index (χ3v) is 7.61. The van der Waals surface area contributed by atoms with Crippen molar-refractivity contribution in [3.05, 3.63) is 53.6 Å². The summed E-state index contributed by atoms with van der Waals surface area (Å²) < 4.78 is 37.8. The maximum absolute atomic E-state index is 12.9. The number of sulfonamides is 1. The number of ether oxygens (including phenoxy) is 2. The van der Waals surface area contributed by atoms with Crippen molar-refractivity contribution in [1.82, 2.24) is 9.21 Å². The van der Waals surface area contributed by atoms with Crippen LogP contribution >= 0.6 is 0 Å². The molecule has 0 atom stereocenters. The molecule has 0 aromatic heterocycles. The van der Waals surface area contributed by atoms with Crippen LogP contribution in [0.1, 0.15) is 35.7 Å². The maximum Gasteiger partial charge on any atom is 0.253 e. The first-order valence-electron chi connectivity index (χ1n) is 10.3. The van der Waals surface area contributed by atoms with E-state index in [2.05, 4.69) is 6.92 Å². The van der Waals surface area contributed by atoms with E-state index in [9.17, 15) is 13.2 Å². The maximum atomic E-state index is 12.9. The second-order valence-corrected chi connectivity index (χ2v) is 9.90. The summed E-state index contributed by atoms with van der Waals surface area (Å²) in [6.45, 7) is 3.60. The number of nitrogens with zero attached hydrogens (tertiary/aromatic N) is 2. The molecule has 1 aliphatic rings. The summed E-state index contributed by atoms with van der Waals surface area (Å²) in [5.41, 5.74) is 1.33. The van der Waals surface area contributed by atoms with Crippen LogP contribution in [-0.2, 0) is 16.6 Å². The van der Waals surface area contributed by atoms with Gasteiger partial charge in [0.2, 0.25) is 10.0 Å². The number of hydrogen-bond donors (Lipinski definition) is 0. The number of carbonyl (C=O) groups excluding carboxylic acids is 1. The lowest BCUT2D eigenvalue weighted by Gasteiger charge is -2.29. The van der Waals surface area contributed by atoms with Gasteiger partial charge in [-0.2, -0.15) is 4.31 Å². The van der Waals surface area contributed by atoms with Crippen LogP contribution in [0.5, 0.6) is 11.5 Å². The molecule has 1 fully saturated rings. The SMILES string of the molecule is COc1ccc(CN(C)C(=O)c2ccc(S(=O)(=O)N3CCC(C)CC3)cc2)cc1OC. The fourth-order valence-electron chi connectivity index (χ4n) is 3.69. The molecule has 8 heteroatoms. The van der Waals surface area contributed by atoms with Crippen LogP contribution < -0.4 is 9.47 Å². The van der Waals surface area contributed by atoms with Crippen LogP contribution in [0.15, 0.2) is 47.4 Å². The smallest absolute Gasteiger partial charge is 0.253 e. The van der Waals surface area contributed by atoms with Crippen molar-refractivity contribution < 1.29 is 22.7 Å². The van der Waals surface area contributed by atoms with E-state index < -0.39 is 10.0 Å². The molecule has 0 aliphatic carbocycles. The second-order valence-electron chi connectivity index (χ2n) is 7.96. The lowest BCUT2D eigenvalue weighted by Crippen LogP contribution is -2.37. The highest BCUT2D eigenvalue weighted by atomic mass is 32.2. The van der Waals surface area contributed by atoms with E-state index in [0.29, 0.717) is 42.6 Å². The Bertz CT molecular complexity index is 1010. The Morgan fingerprint density at radius 2 is 1.65 bits per heavy atom.